The Balaban J connectivity index is 1.95. The number of benzene rings is 3. The number of nitrogens with one attached hydrogen (secondary N) is 1. The van der Waals surface area contributed by atoms with Gasteiger partial charge in [0.1, 0.15) is 11.2 Å². The van der Waals surface area contributed by atoms with Crippen molar-refractivity contribution >= 4 is 40.4 Å². The topological polar surface area (TPSA) is 106 Å². The van der Waals surface area contributed by atoms with Gasteiger partial charge < -0.3 is 19.6 Å². The molecule has 7 nitrogen and oxygen atoms in total. The zero-order chi connectivity index (χ0) is 25.9. The molecule has 0 aliphatic rings. The van der Waals surface area contributed by atoms with Gasteiger partial charge in [-0.25, -0.2) is 4.79 Å². The SMILES string of the molecule is COc1ccc2[nH]c(C)c(C(CCC(=O)O)(C(=O)OC(=O)c3ccc(Cl)cc3)c3ccccc3)c2c1. The number of aliphatic carboxylic acids is 1. The Hall–Kier alpha value is -4.10. The molecule has 1 heterocycles. The third kappa shape index (κ3) is 4.70. The first kappa shape index (κ1) is 25.0. The monoisotopic (exact) mass is 505 g/mol. The lowest BCUT2D eigenvalue weighted by atomic mass is 9.70. The summed E-state index contributed by atoms with van der Waals surface area (Å²) in [5.41, 5.74) is 0.949. The predicted octanol–water partition coefficient (Wildman–Crippen LogP) is 5.67. The number of H-pyrrole nitrogens is 1. The Morgan fingerprint density at radius 2 is 1.69 bits per heavy atom. The van der Waals surface area contributed by atoms with Gasteiger partial charge in [-0.2, -0.15) is 0 Å². The highest BCUT2D eigenvalue weighted by Crippen LogP contribution is 2.44. The summed E-state index contributed by atoms with van der Waals surface area (Å²) in [5, 5.41) is 10.7. The molecule has 1 unspecified atom stereocenters. The van der Waals surface area contributed by atoms with Crippen LogP contribution in [0.2, 0.25) is 5.02 Å². The second-order valence-corrected chi connectivity index (χ2v) is 8.82. The number of ether oxygens (including phenoxy) is 2. The normalized spacial score (nSPS) is 12.6. The lowest BCUT2D eigenvalue weighted by Crippen LogP contribution is -2.41. The number of carboxylic acids is 1. The summed E-state index contributed by atoms with van der Waals surface area (Å²) in [6.07, 6.45) is -0.473. The van der Waals surface area contributed by atoms with Crippen molar-refractivity contribution in [2.75, 3.05) is 7.11 Å². The first-order valence-corrected chi connectivity index (χ1v) is 11.6. The molecule has 0 radical (unpaired) electrons. The predicted molar refractivity (Wildman–Crippen MR) is 136 cm³/mol. The second-order valence-electron chi connectivity index (χ2n) is 8.39. The third-order valence-corrected chi connectivity index (χ3v) is 6.47. The van der Waals surface area contributed by atoms with Crippen molar-refractivity contribution in [3.05, 3.63) is 100 Å². The van der Waals surface area contributed by atoms with E-state index in [0.29, 0.717) is 33.0 Å². The maximum absolute atomic E-state index is 14.1. The summed E-state index contributed by atoms with van der Waals surface area (Å²) >= 11 is 5.92. The molecule has 184 valence electrons. The molecular weight excluding hydrogens is 482 g/mol. The highest BCUT2D eigenvalue weighted by Gasteiger charge is 2.47. The number of aryl methyl sites for hydroxylation is 1. The van der Waals surface area contributed by atoms with E-state index < -0.39 is 23.3 Å². The van der Waals surface area contributed by atoms with Crippen LogP contribution in [0.4, 0.5) is 0 Å². The summed E-state index contributed by atoms with van der Waals surface area (Å²) < 4.78 is 10.9. The van der Waals surface area contributed by atoms with Crippen LogP contribution in [0.15, 0.2) is 72.8 Å². The third-order valence-electron chi connectivity index (χ3n) is 6.21. The molecule has 0 saturated heterocycles. The van der Waals surface area contributed by atoms with Crippen LogP contribution < -0.4 is 4.74 Å². The van der Waals surface area contributed by atoms with Gasteiger partial charge in [0, 0.05) is 33.6 Å². The van der Waals surface area contributed by atoms with Gasteiger partial charge in [0.25, 0.3) is 0 Å². The van der Waals surface area contributed by atoms with E-state index in [-0.39, 0.29) is 18.4 Å². The first-order chi connectivity index (χ1) is 17.3. The van der Waals surface area contributed by atoms with Gasteiger partial charge in [-0.1, -0.05) is 41.9 Å². The van der Waals surface area contributed by atoms with E-state index >= 15 is 0 Å². The zero-order valence-electron chi connectivity index (χ0n) is 19.7. The van der Waals surface area contributed by atoms with Crippen molar-refractivity contribution in [3.8, 4) is 5.75 Å². The van der Waals surface area contributed by atoms with Crippen LogP contribution >= 0.6 is 11.6 Å². The fourth-order valence-electron chi connectivity index (χ4n) is 4.55. The minimum absolute atomic E-state index is 0.135. The van der Waals surface area contributed by atoms with Gasteiger partial charge in [-0.05, 0) is 61.4 Å². The van der Waals surface area contributed by atoms with Crippen LogP contribution in [0.5, 0.6) is 5.75 Å². The minimum Gasteiger partial charge on any atom is -0.497 e. The number of hydrogen-bond acceptors (Lipinski definition) is 5. The number of aromatic nitrogens is 1. The molecule has 4 aromatic rings. The molecule has 36 heavy (non-hydrogen) atoms. The van der Waals surface area contributed by atoms with Crippen LogP contribution in [-0.4, -0.2) is 35.1 Å². The number of rotatable bonds is 8. The molecule has 1 atom stereocenters. The summed E-state index contributed by atoms with van der Waals surface area (Å²) in [6.45, 7) is 1.80. The lowest BCUT2D eigenvalue weighted by Gasteiger charge is -2.32. The molecule has 8 heteroatoms. The van der Waals surface area contributed by atoms with E-state index in [4.69, 9.17) is 21.1 Å². The summed E-state index contributed by atoms with van der Waals surface area (Å²) in [4.78, 5) is 42.1. The fraction of sp³-hybridized carbons (Fsp3) is 0.179. The first-order valence-electron chi connectivity index (χ1n) is 11.2. The molecule has 3 aromatic carbocycles. The quantitative estimate of drug-likeness (QED) is 0.236. The molecule has 0 saturated carbocycles. The van der Waals surface area contributed by atoms with Gasteiger partial charge in [-0.15, -0.1) is 0 Å². The molecule has 2 N–H and O–H groups in total. The molecule has 1 aromatic heterocycles. The Morgan fingerprint density at radius 1 is 1.00 bits per heavy atom. The molecule has 0 bridgehead atoms. The summed E-state index contributed by atoms with van der Waals surface area (Å²) in [6, 6.07) is 20.1. The van der Waals surface area contributed by atoms with Gasteiger partial charge >= 0.3 is 17.9 Å². The van der Waals surface area contributed by atoms with Gasteiger partial charge in [-0.3, -0.25) is 9.59 Å². The highest BCUT2D eigenvalue weighted by atomic mass is 35.5. The Bertz CT molecular complexity index is 1430. The number of aromatic amines is 1. The number of carbonyl (C=O) groups excluding carboxylic acids is 2. The second kappa shape index (κ2) is 10.3. The van der Waals surface area contributed by atoms with Crippen LogP contribution in [0.25, 0.3) is 10.9 Å². The Labute approximate surface area is 212 Å². The van der Waals surface area contributed by atoms with E-state index in [0.717, 1.165) is 5.52 Å². The largest absolute Gasteiger partial charge is 0.497 e. The molecule has 0 amide bonds. The average molecular weight is 506 g/mol. The van der Waals surface area contributed by atoms with E-state index in [9.17, 15) is 19.5 Å². The minimum atomic E-state index is -1.60. The van der Waals surface area contributed by atoms with Gasteiger partial charge in [0.15, 0.2) is 0 Å². The summed E-state index contributed by atoms with van der Waals surface area (Å²) in [7, 11) is 1.54. The highest BCUT2D eigenvalue weighted by molar-refractivity contribution is 6.30. The average Bonchev–Trinajstić information content (AvgIpc) is 3.20. The summed E-state index contributed by atoms with van der Waals surface area (Å²) in [5.74, 6) is -2.25. The number of hydrogen-bond donors (Lipinski definition) is 2. The molecule has 0 fully saturated rings. The molecule has 4 rings (SSSR count). The molecule has 0 aliphatic carbocycles. The van der Waals surface area contributed by atoms with Crippen molar-refractivity contribution in [3.63, 3.8) is 0 Å². The zero-order valence-corrected chi connectivity index (χ0v) is 20.5. The number of carbonyl (C=O) groups is 3. The van der Waals surface area contributed by atoms with Crippen molar-refractivity contribution < 1.29 is 29.0 Å². The van der Waals surface area contributed by atoms with Gasteiger partial charge in [0.05, 0.1) is 12.7 Å². The van der Waals surface area contributed by atoms with E-state index in [1.54, 1.807) is 49.4 Å². The Kier molecular flexibility index (Phi) is 7.12. The van der Waals surface area contributed by atoms with Crippen molar-refractivity contribution in [2.24, 2.45) is 0 Å². The maximum Gasteiger partial charge on any atom is 0.345 e. The maximum atomic E-state index is 14.1. The van der Waals surface area contributed by atoms with Crippen molar-refractivity contribution in [2.45, 2.75) is 25.2 Å². The van der Waals surface area contributed by atoms with Gasteiger partial charge in [0.2, 0.25) is 0 Å². The van der Waals surface area contributed by atoms with E-state index in [1.165, 1.54) is 31.4 Å². The number of esters is 2. The molecule has 0 aliphatic heterocycles. The van der Waals surface area contributed by atoms with Crippen LogP contribution in [0.3, 0.4) is 0 Å². The number of carboxylic acid groups (broad SMARTS) is 1. The van der Waals surface area contributed by atoms with E-state index in [2.05, 4.69) is 4.98 Å². The standard InChI is InChI=1S/C28H24ClNO6/c1-17-25(22-16-21(35-2)12-13-23(22)30-17)28(15-14-24(31)32,19-6-4-3-5-7-19)27(34)36-26(33)18-8-10-20(29)11-9-18/h3-13,16,30H,14-15H2,1-2H3,(H,31,32). The number of halogens is 1. The van der Waals surface area contributed by atoms with Crippen molar-refractivity contribution in [1.82, 2.24) is 4.98 Å². The van der Waals surface area contributed by atoms with Crippen LogP contribution in [0.1, 0.15) is 40.0 Å². The number of methoxy groups -OCH3 is 1. The van der Waals surface area contributed by atoms with Crippen LogP contribution in [0, 0.1) is 6.92 Å². The van der Waals surface area contributed by atoms with Crippen LogP contribution in [-0.2, 0) is 19.7 Å². The fourth-order valence-corrected chi connectivity index (χ4v) is 4.68. The van der Waals surface area contributed by atoms with Crippen molar-refractivity contribution in [1.29, 1.82) is 0 Å². The van der Waals surface area contributed by atoms with E-state index in [1.807, 2.05) is 6.07 Å². The lowest BCUT2D eigenvalue weighted by molar-refractivity contribution is -0.144. The molecule has 0 spiro atoms. The Morgan fingerprint density at radius 3 is 2.33 bits per heavy atom. The molecular formula is C28H24ClNO6. The number of fused-ring (bicyclic) bond motifs is 1. The smallest absolute Gasteiger partial charge is 0.345 e.